The van der Waals surface area contributed by atoms with Gasteiger partial charge >= 0.3 is 0 Å². The van der Waals surface area contributed by atoms with Crippen molar-refractivity contribution in [2.45, 2.75) is 38.6 Å². The molecule has 0 spiro atoms. The van der Waals surface area contributed by atoms with Crippen LogP contribution in [0.2, 0.25) is 10.0 Å². The highest BCUT2D eigenvalue weighted by Crippen LogP contribution is 2.34. The number of nitrogens with one attached hydrogen (secondary N) is 2. The summed E-state index contributed by atoms with van der Waals surface area (Å²) in [5, 5.41) is 7.79. The number of halogens is 2. The lowest BCUT2D eigenvalue weighted by molar-refractivity contribution is -0.124. The summed E-state index contributed by atoms with van der Waals surface area (Å²) < 4.78 is 0. The number of amides is 2. The molecular formula is C31H29Cl2N5O2. The topological polar surface area (TPSA) is 87.2 Å². The van der Waals surface area contributed by atoms with E-state index in [-0.39, 0.29) is 17.7 Å². The molecule has 4 aromatic rings. The van der Waals surface area contributed by atoms with Crippen LogP contribution in [0.4, 0.5) is 11.5 Å². The lowest BCUT2D eigenvalue weighted by Crippen LogP contribution is -2.37. The Balaban J connectivity index is 1.25. The van der Waals surface area contributed by atoms with Gasteiger partial charge in [0.1, 0.15) is 5.82 Å². The van der Waals surface area contributed by atoms with E-state index in [1.165, 1.54) is 0 Å². The first kappa shape index (κ1) is 26.5. The predicted octanol–water partition coefficient (Wildman–Crippen LogP) is 6.87. The van der Waals surface area contributed by atoms with Gasteiger partial charge in [-0.25, -0.2) is 9.97 Å². The Hall–Kier alpha value is -3.68. The third-order valence-corrected chi connectivity index (χ3v) is 8.33. The summed E-state index contributed by atoms with van der Waals surface area (Å²) in [7, 11) is 0. The molecule has 2 amide bonds. The SMILES string of the molecule is O=C(Nc1ccc2c(N3CCC3)nc(-c3ccccc3Cl)nc2c1)c1cc(CNC(=O)C2CCCC2)ccc1Cl. The van der Waals surface area contributed by atoms with E-state index < -0.39 is 0 Å². The molecule has 1 saturated carbocycles. The molecule has 0 atom stereocenters. The molecule has 40 heavy (non-hydrogen) atoms. The summed E-state index contributed by atoms with van der Waals surface area (Å²) in [6.45, 7) is 2.22. The van der Waals surface area contributed by atoms with Crippen molar-refractivity contribution >= 4 is 57.4 Å². The van der Waals surface area contributed by atoms with E-state index in [0.717, 1.165) is 67.5 Å². The number of hydrogen-bond acceptors (Lipinski definition) is 5. The number of aromatic nitrogens is 2. The molecule has 2 fully saturated rings. The normalized spacial score (nSPS) is 15.2. The van der Waals surface area contributed by atoms with Crippen molar-refractivity contribution in [1.29, 1.82) is 0 Å². The molecule has 0 bridgehead atoms. The van der Waals surface area contributed by atoms with Gasteiger partial charge in [-0.3, -0.25) is 9.59 Å². The second kappa shape index (κ2) is 11.4. The average molecular weight is 575 g/mol. The van der Waals surface area contributed by atoms with Crippen LogP contribution in [0, 0.1) is 5.92 Å². The zero-order valence-corrected chi connectivity index (χ0v) is 23.4. The molecule has 1 saturated heterocycles. The Bertz CT molecular complexity index is 1600. The van der Waals surface area contributed by atoms with Gasteiger partial charge in [0.2, 0.25) is 5.91 Å². The number of carbonyl (C=O) groups is 2. The average Bonchev–Trinajstić information content (AvgIpc) is 3.47. The van der Waals surface area contributed by atoms with Crippen LogP contribution in [0.5, 0.6) is 0 Å². The summed E-state index contributed by atoms with van der Waals surface area (Å²) in [4.78, 5) is 37.6. The second-order valence-corrected chi connectivity index (χ2v) is 11.2. The summed E-state index contributed by atoms with van der Waals surface area (Å²) >= 11 is 12.9. The smallest absolute Gasteiger partial charge is 0.257 e. The Labute approximate surface area is 242 Å². The van der Waals surface area contributed by atoms with E-state index in [9.17, 15) is 9.59 Å². The minimum Gasteiger partial charge on any atom is -0.356 e. The van der Waals surface area contributed by atoms with Gasteiger partial charge in [-0.05, 0) is 67.3 Å². The molecule has 7 nitrogen and oxygen atoms in total. The van der Waals surface area contributed by atoms with Crippen molar-refractivity contribution in [1.82, 2.24) is 15.3 Å². The van der Waals surface area contributed by atoms with Crippen LogP contribution in [0.25, 0.3) is 22.3 Å². The second-order valence-electron chi connectivity index (χ2n) is 10.4. The molecule has 2 heterocycles. The van der Waals surface area contributed by atoms with Crippen LogP contribution in [-0.2, 0) is 11.3 Å². The zero-order chi connectivity index (χ0) is 27.6. The Kier molecular flexibility index (Phi) is 7.59. The van der Waals surface area contributed by atoms with E-state index in [4.69, 9.17) is 33.2 Å². The highest BCUT2D eigenvalue weighted by Gasteiger charge is 2.23. The Morgan fingerprint density at radius 1 is 0.900 bits per heavy atom. The van der Waals surface area contributed by atoms with Crippen molar-refractivity contribution in [3.8, 4) is 11.4 Å². The van der Waals surface area contributed by atoms with Crippen molar-refractivity contribution in [3.63, 3.8) is 0 Å². The molecule has 9 heteroatoms. The van der Waals surface area contributed by atoms with Crippen LogP contribution in [-0.4, -0.2) is 34.9 Å². The van der Waals surface area contributed by atoms with Crippen LogP contribution in [0.3, 0.4) is 0 Å². The first-order chi connectivity index (χ1) is 19.5. The van der Waals surface area contributed by atoms with Crippen molar-refractivity contribution in [2.24, 2.45) is 5.92 Å². The van der Waals surface area contributed by atoms with E-state index in [0.29, 0.717) is 39.2 Å². The third kappa shape index (κ3) is 5.49. The molecular weight excluding hydrogens is 545 g/mol. The standard InChI is InChI=1S/C31H29Cl2N5O2/c32-25-9-4-3-8-22(25)28-36-27-17-21(11-12-23(27)29(37-28)38-14-5-15-38)35-31(40)24-16-19(10-13-26(24)33)18-34-30(39)20-6-1-2-7-20/h3-4,8-13,16-17,20H,1-2,5-7,14-15,18H2,(H,34,39)(H,35,40). The molecule has 2 aliphatic rings. The molecule has 2 N–H and O–H groups in total. The van der Waals surface area contributed by atoms with Gasteiger partial charge in [0.25, 0.3) is 5.91 Å². The molecule has 1 aliphatic carbocycles. The van der Waals surface area contributed by atoms with Crippen LogP contribution in [0.15, 0.2) is 60.7 Å². The maximum Gasteiger partial charge on any atom is 0.257 e. The first-order valence-corrected chi connectivity index (χ1v) is 14.4. The zero-order valence-electron chi connectivity index (χ0n) is 21.9. The molecule has 0 radical (unpaired) electrons. The van der Waals surface area contributed by atoms with Crippen LogP contribution >= 0.6 is 23.2 Å². The monoisotopic (exact) mass is 573 g/mol. The number of rotatable bonds is 7. The third-order valence-electron chi connectivity index (χ3n) is 7.67. The van der Waals surface area contributed by atoms with Gasteiger partial charge in [-0.1, -0.05) is 54.2 Å². The number of anilines is 2. The number of carbonyl (C=O) groups excluding carboxylic acids is 2. The summed E-state index contributed by atoms with van der Waals surface area (Å²) in [6.07, 6.45) is 5.20. The van der Waals surface area contributed by atoms with Gasteiger partial charge in [0.15, 0.2) is 5.82 Å². The predicted molar refractivity (Wildman–Crippen MR) is 160 cm³/mol. The molecule has 6 rings (SSSR count). The maximum atomic E-state index is 13.3. The van der Waals surface area contributed by atoms with Crippen LogP contribution in [0.1, 0.15) is 48.0 Å². The van der Waals surface area contributed by atoms with Gasteiger partial charge in [0.05, 0.1) is 21.1 Å². The minimum absolute atomic E-state index is 0.0744. The summed E-state index contributed by atoms with van der Waals surface area (Å²) in [5.74, 6) is 1.23. The highest BCUT2D eigenvalue weighted by atomic mass is 35.5. The summed E-state index contributed by atoms with van der Waals surface area (Å²) in [6, 6.07) is 18.4. The number of hydrogen-bond donors (Lipinski definition) is 2. The molecule has 3 aromatic carbocycles. The number of nitrogens with zero attached hydrogens (tertiary/aromatic N) is 3. The van der Waals surface area contributed by atoms with E-state index in [2.05, 4.69) is 15.5 Å². The Morgan fingerprint density at radius 3 is 2.45 bits per heavy atom. The lowest BCUT2D eigenvalue weighted by Gasteiger charge is -2.33. The summed E-state index contributed by atoms with van der Waals surface area (Å²) in [5.41, 5.74) is 3.21. The molecule has 0 unspecified atom stereocenters. The first-order valence-electron chi connectivity index (χ1n) is 13.7. The lowest BCUT2D eigenvalue weighted by atomic mass is 10.1. The van der Waals surface area contributed by atoms with Gasteiger partial charge in [0, 0.05) is 42.2 Å². The molecule has 204 valence electrons. The minimum atomic E-state index is -0.336. The van der Waals surface area contributed by atoms with E-state index in [1.807, 2.05) is 48.5 Å². The molecule has 1 aliphatic heterocycles. The molecule has 1 aromatic heterocycles. The number of benzene rings is 3. The van der Waals surface area contributed by atoms with E-state index in [1.54, 1.807) is 12.1 Å². The van der Waals surface area contributed by atoms with E-state index >= 15 is 0 Å². The Morgan fingerprint density at radius 2 is 1.70 bits per heavy atom. The van der Waals surface area contributed by atoms with Gasteiger partial charge < -0.3 is 15.5 Å². The van der Waals surface area contributed by atoms with Crippen molar-refractivity contribution in [2.75, 3.05) is 23.3 Å². The fourth-order valence-electron chi connectivity index (χ4n) is 5.30. The fraction of sp³-hybridized carbons (Fsp3) is 0.290. The van der Waals surface area contributed by atoms with Crippen molar-refractivity contribution in [3.05, 3.63) is 81.8 Å². The van der Waals surface area contributed by atoms with Gasteiger partial charge in [-0.2, -0.15) is 0 Å². The largest absolute Gasteiger partial charge is 0.356 e. The highest BCUT2D eigenvalue weighted by molar-refractivity contribution is 6.34. The number of fused-ring (bicyclic) bond motifs is 1. The van der Waals surface area contributed by atoms with Crippen LogP contribution < -0.4 is 15.5 Å². The van der Waals surface area contributed by atoms with Gasteiger partial charge in [-0.15, -0.1) is 0 Å². The fourth-order valence-corrected chi connectivity index (χ4v) is 5.72. The quantitative estimate of drug-likeness (QED) is 0.252. The van der Waals surface area contributed by atoms with Crippen molar-refractivity contribution < 1.29 is 9.59 Å². The maximum absolute atomic E-state index is 13.3.